The molecule has 2 N–H and O–H groups in total. The van der Waals surface area contributed by atoms with Gasteiger partial charge in [0.25, 0.3) is 5.91 Å². The maximum absolute atomic E-state index is 12.9. The van der Waals surface area contributed by atoms with Crippen LogP contribution in [0.25, 0.3) is 11.1 Å². The van der Waals surface area contributed by atoms with Crippen LogP contribution < -0.4 is 15.4 Å². The molecule has 0 bridgehead atoms. The van der Waals surface area contributed by atoms with Crippen LogP contribution in [0.1, 0.15) is 42.5 Å². The number of aromatic nitrogens is 3. The first kappa shape index (κ1) is 23.0. The van der Waals surface area contributed by atoms with Gasteiger partial charge in [-0.15, -0.1) is 0 Å². The van der Waals surface area contributed by atoms with Crippen molar-refractivity contribution in [3.63, 3.8) is 0 Å². The highest BCUT2D eigenvalue weighted by molar-refractivity contribution is 6.04. The van der Waals surface area contributed by atoms with Gasteiger partial charge >= 0.3 is 0 Å². The smallest absolute Gasteiger partial charge is 0.257 e. The van der Waals surface area contributed by atoms with E-state index in [0.29, 0.717) is 28.8 Å². The van der Waals surface area contributed by atoms with Crippen LogP contribution in [-0.2, 0) is 5.41 Å². The number of benzene rings is 1. The van der Waals surface area contributed by atoms with Gasteiger partial charge in [-0.25, -0.2) is 9.97 Å². The average molecular weight is 458 g/mol. The second-order valence-corrected chi connectivity index (χ2v) is 8.90. The summed E-state index contributed by atoms with van der Waals surface area (Å²) in [5.41, 5.74) is 2.82. The van der Waals surface area contributed by atoms with Crippen molar-refractivity contribution in [2.24, 2.45) is 0 Å². The largest absolute Gasteiger partial charge is 0.438 e. The molecule has 0 aliphatic rings. The summed E-state index contributed by atoms with van der Waals surface area (Å²) in [7, 11) is 1.82. The van der Waals surface area contributed by atoms with E-state index < -0.39 is 0 Å². The number of hydrogen-bond donors (Lipinski definition) is 2. The SMILES string of the molecule is CNc1cc(-c2cccnc2Oc2cc(C(=O)Nc3cc(C(C)(C)C)on3)ccc2C)ccn1. The molecule has 3 aromatic heterocycles. The number of anilines is 2. The summed E-state index contributed by atoms with van der Waals surface area (Å²) in [5, 5.41) is 9.78. The van der Waals surface area contributed by atoms with Crippen molar-refractivity contribution in [1.82, 2.24) is 15.1 Å². The van der Waals surface area contributed by atoms with Crippen LogP contribution in [0.3, 0.4) is 0 Å². The summed E-state index contributed by atoms with van der Waals surface area (Å²) in [6, 6.07) is 14.6. The second kappa shape index (κ2) is 9.35. The minimum Gasteiger partial charge on any atom is -0.438 e. The van der Waals surface area contributed by atoms with Crippen molar-refractivity contribution in [3.05, 3.63) is 77.8 Å². The fourth-order valence-electron chi connectivity index (χ4n) is 3.26. The lowest BCUT2D eigenvalue weighted by Crippen LogP contribution is -2.13. The standard InChI is InChI=1S/C26H27N5O3/c1-16-8-9-18(24(32)30-23-15-21(34-31-23)26(2,3)4)13-20(16)33-25-19(7-6-11-29-25)17-10-12-28-22(14-17)27-5/h6-15H,1-5H3,(H,27,28)(H,30,31,32). The molecule has 174 valence electrons. The van der Waals surface area contributed by atoms with Crippen LogP contribution in [0.15, 0.2) is 65.4 Å². The molecule has 0 aliphatic carbocycles. The molecule has 0 saturated heterocycles. The van der Waals surface area contributed by atoms with E-state index in [2.05, 4.69) is 25.8 Å². The van der Waals surface area contributed by atoms with Crippen LogP contribution in [0.2, 0.25) is 0 Å². The van der Waals surface area contributed by atoms with Crippen LogP contribution in [0.5, 0.6) is 11.6 Å². The quantitative estimate of drug-likeness (QED) is 0.376. The molecule has 0 fully saturated rings. The molecular formula is C26H27N5O3. The molecule has 1 aromatic carbocycles. The van der Waals surface area contributed by atoms with Crippen molar-refractivity contribution in [3.8, 4) is 22.8 Å². The monoisotopic (exact) mass is 457 g/mol. The van der Waals surface area contributed by atoms with Gasteiger partial charge in [-0.05, 0) is 54.4 Å². The fourth-order valence-corrected chi connectivity index (χ4v) is 3.26. The van der Waals surface area contributed by atoms with E-state index in [-0.39, 0.29) is 11.3 Å². The summed E-state index contributed by atoms with van der Waals surface area (Å²) in [4.78, 5) is 21.6. The number of nitrogens with one attached hydrogen (secondary N) is 2. The third-order valence-corrected chi connectivity index (χ3v) is 5.25. The maximum atomic E-state index is 12.9. The topological polar surface area (TPSA) is 102 Å². The minimum absolute atomic E-state index is 0.204. The summed E-state index contributed by atoms with van der Waals surface area (Å²) in [5.74, 6) is 2.45. The van der Waals surface area contributed by atoms with Crippen molar-refractivity contribution >= 4 is 17.5 Å². The molecule has 8 nitrogen and oxygen atoms in total. The van der Waals surface area contributed by atoms with Crippen molar-refractivity contribution in [2.45, 2.75) is 33.1 Å². The normalized spacial score (nSPS) is 11.2. The first-order chi connectivity index (χ1) is 16.2. The molecule has 8 heteroatoms. The van der Waals surface area contributed by atoms with Crippen molar-refractivity contribution in [2.75, 3.05) is 17.7 Å². The van der Waals surface area contributed by atoms with E-state index in [0.717, 1.165) is 22.5 Å². The minimum atomic E-state index is -0.312. The maximum Gasteiger partial charge on any atom is 0.257 e. The number of hydrogen-bond acceptors (Lipinski definition) is 7. The lowest BCUT2D eigenvalue weighted by Gasteiger charge is -2.13. The van der Waals surface area contributed by atoms with E-state index in [1.165, 1.54) is 0 Å². The molecule has 0 unspecified atom stereocenters. The van der Waals surface area contributed by atoms with E-state index in [1.54, 1.807) is 30.6 Å². The number of nitrogens with zero attached hydrogens (tertiary/aromatic N) is 3. The average Bonchev–Trinajstić information content (AvgIpc) is 3.30. The molecular weight excluding hydrogens is 430 g/mol. The number of rotatable bonds is 6. The summed E-state index contributed by atoms with van der Waals surface area (Å²) < 4.78 is 11.5. The number of carbonyl (C=O) groups excluding carboxylic acids is 1. The Kier molecular flexibility index (Phi) is 6.32. The van der Waals surface area contributed by atoms with E-state index in [1.807, 2.05) is 65.1 Å². The third-order valence-electron chi connectivity index (χ3n) is 5.25. The second-order valence-electron chi connectivity index (χ2n) is 8.90. The van der Waals surface area contributed by atoms with Crippen molar-refractivity contribution < 1.29 is 14.1 Å². The van der Waals surface area contributed by atoms with Crippen molar-refractivity contribution in [1.29, 1.82) is 0 Å². The summed E-state index contributed by atoms with van der Waals surface area (Å²) in [6.07, 6.45) is 3.39. The van der Waals surface area contributed by atoms with Gasteiger partial charge in [0.1, 0.15) is 17.3 Å². The molecule has 0 spiro atoms. The van der Waals surface area contributed by atoms with Crippen LogP contribution in [0.4, 0.5) is 11.6 Å². The van der Waals surface area contributed by atoms with Gasteiger partial charge in [-0.1, -0.05) is 32.0 Å². The number of amides is 1. The fraction of sp³-hybridized carbons (Fsp3) is 0.231. The third kappa shape index (κ3) is 5.06. The number of carbonyl (C=O) groups is 1. The van der Waals surface area contributed by atoms with Gasteiger partial charge in [-0.3, -0.25) is 4.79 Å². The Morgan fingerprint density at radius 3 is 2.56 bits per heavy atom. The molecule has 0 saturated carbocycles. The van der Waals surface area contributed by atoms with E-state index >= 15 is 0 Å². The Balaban J connectivity index is 1.59. The number of aryl methyl sites for hydroxylation is 1. The molecule has 0 aliphatic heterocycles. The molecule has 3 heterocycles. The van der Waals surface area contributed by atoms with Gasteiger partial charge in [0.05, 0.1) is 0 Å². The Hall–Kier alpha value is -4.20. The highest BCUT2D eigenvalue weighted by Crippen LogP contribution is 2.34. The van der Waals surface area contributed by atoms with E-state index in [9.17, 15) is 4.79 Å². The zero-order valence-electron chi connectivity index (χ0n) is 19.8. The predicted molar refractivity (Wildman–Crippen MR) is 131 cm³/mol. The van der Waals surface area contributed by atoms with E-state index in [4.69, 9.17) is 9.26 Å². The Bertz CT molecular complexity index is 1320. The molecule has 0 atom stereocenters. The number of pyridine rings is 2. The molecule has 1 amide bonds. The molecule has 34 heavy (non-hydrogen) atoms. The van der Waals surface area contributed by atoms with Crippen LogP contribution in [0, 0.1) is 6.92 Å². The van der Waals surface area contributed by atoms with Gasteiger partial charge in [0, 0.05) is 42.0 Å². The predicted octanol–water partition coefficient (Wildman–Crippen LogP) is 5.82. The highest BCUT2D eigenvalue weighted by Gasteiger charge is 2.21. The highest BCUT2D eigenvalue weighted by atomic mass is 16.5. The Labute approximate surface area is 198 Å². The van der Waals surface area contributed by atoms with Gasteiger partial charge in [-0.2, -0.15) is 0 Å². The zero-order valence-corrected chi connectivity index (χ0v) is 19.8. The number of ether oxygens (including phenoxy) is 1. The summed E-state index contributed by atoms with van der Waals surface area (Å²) >= 11 is 0. The van der Waals surface area contributed by atoms with Gasteiger partial charge < -0.3 is 19.9 Å². The molecule has 0 radical (unpaired) electrons. The zero-order chi connectivity index (χ0) is 24.3. The van der Waals surface area contributed by atoms with Gasteiger partial charge in [0.15, 0.2) is 5.82 Å². The van der Waals surface area contributed by atoms with Gasteiger partial charge in [0.2, 0.25) is 5.88 Å². The first-order valence-corrected chi connectivity index (χ1v) is 10.9. The lowest BCUT2D eigenvalue weighted by molar-refractivity contribution is 0.102. The van der Waals surface area contributed by atoms with Crippen LogP contribution in [-0.4, -0.2) is 28.1 Å². The first-order valence-electron chi connectivity index (χ1n) is 10.9. The summed E-state index contributed by atoms with van der Waals surface area (Å²) in [6.45, 7) is 7.96. The Morgan fingerprint density at radius 1 is 1.00 bits per heavy atom. The molecule has 4 rings (SSSR count). The Morgan fingerprint density at radius 2 is 1.82 bits per heavy atom. The lowest BCUT2D eigenvalue weighted by atomic mass is 9.93. The van der Waals surface area contributed by atoms with Crippen LogP contribution >= 0.6 is 0 Å². The molecule has 4 aromatic rings.